The van der Waals surface area contributed by atoms with E-state index in [1.807, 2.05) is 18.2 Å². The lowest BCUT2D eigenvalue weighted by Gasteiger charge is -1.96. The largest absolute Gasteiger partial charge is 0.399 e. The summed E-state index contributed by atoms with van der Waals surface area (Å²) in [6, 6.07) is 8.00. The summed E-state index contributed by atoms with van der Waals surface area (Å²) in [5.41, 5.74) is 7.57. The lowest BCUT2D eigenvalue weighted by Crippen LogP contribution is -1.81. The van der Waals surface area contributed by atoms with Crippen LogP contribution in [0.4, 0.5) is 5.69 Å². The SMILES string of the molecule is N#CCCCCCSc1nc2ccc(N)cc2s1. The Bertz CT molecular complexity index is 557. The Labute approximate surface area is 115 Å². The van der Waals surface area contributed by atoms with Crippen molar-refractivity contribution < 1.29 is 0 Å². The third kappa shape index (κ3) is 3.62. The number of aromatic nitrogens is 1. The minimum atomic E-state index is 0.672. The molecule has 0 aliphatic carbocycles. The molecular formula is C13H15N3S2. The van der Waals surface area contributed by atoms with Crippen LogP contribution in [0.5, 0.6) is 0 Å². The van der Waals surface area contributed by atoms with Gasteiger partial charge in [-0.25, -0.2) is 4.98 Å². The molecule has 1 aromatic carbocycles. The van der Waals surface area contributed by atoms with E-state index >= 15 is 0 Å². The van der Waals surface area contributed by atoms with E-state index in [-0.39, 0.29) is 0 Å². The Hall–Kier alpha value is -1.25. The van der Waals surface area contributed by atoms with Crippen molar-refractivity contribution in [3.63, 3.8) is 0 Å². The van der Waals surface area contributed by atoms with E-state index in [4.69, 9.17) is 11.0 Å². The van der Waals surface area contributed by atoms with E-state index in [2.05, 4.69) is 11.1 Å². The molecule has 0 unspecified atom stereocenters. The predicted molar refractivity (Wildman–Crippen MR) is 78.8 cm³/mol. The number of benzene rings is 1. The summed E-state index contributed by atoms with van der Waals surface area (Å²) < 4.78 is 2.26. The first-order valence-corrected chi connectivity index (χ1v) is 7.75. The smallest absolute Gasteiger partial charge is 0.151 e. The van der Waals surface area contributed by atoms with Crippen molar-refractivity contribution in [2.75, 3.05) is 11.5 Å². The Kier molecular flexibility index (Phi) is 4.85. The number of hydrogen-bond acceptors (Lipinski definition) is 5. The van der Waals surface area contributed by atoms with Crippen molar-refractivity contribution >= 4 is 39.0 Å². The van der Waals surface area contributed by atoms with E-state index in [9.17, 15) is 0 Å². The fourth-order valence-electron chi connectivity index (χ4n) is 1.62. The highest BCUT2D eigenvalue weighted by Crippen LogP contribution is 2.31. The molecule has 0 radical (unpaired) electrons. The molecule has 0 bridgehead atoms. The Morgan fingerprint density at radius 3 is 3.06 bits per heavy atom. The molecule has 0 spiro atoms. The third-order valence-electron chi connectivity index (χ3n) is 2.55. The van der Waals surface area contributed by atoms with Gasteiger partial charge in [-0.1, -0.05) is 18.2 Å². The lowest BCUT2D eigenvalue weighted by molar-refractivity contribution is 0.739. The normalized spacial score (nSPS) is 10.6. The summed E-state index contributed by atoms with van der Waals surface area (Å²) in [4.78, 5) is 4.56. The molecule has 3 nitrogen and oxygen atoms in total. The number of nitrogen functional groups attached to an aromatic ring is 1. The van der Waals surface area contributed by atoms with Crippen molar-refractivity contribution in [2.24, 2.45) is 0 Å². The van der Waals surface area contributed by atoms with Gasteiger partial charge in [-0.15, -0.1) is 11.3 Å². The quantitative estimate of drug-likeness (QED) is 0.491. The number of nitrogens with zero attached hydrogens (tertiary/aromatic N) is 2. The van der Waals surface area contributed by atoms with Crippen LogP contribution in [0.1, 0.15) is 25.7 Å². The number of thiazole rings is 1. The topological polar surface area (TPSA) is 62.7 Å². The molecule has 2 aromatic rings. The zero-order chi connectivity index (χ0) is 12.8. The highest BCUT2D eigenvalue weighted by molar-refractivity contribution is 8.01. The summed E-state index contributed by atoms with van der Waals surface area (Å²) in [5, 5.41) is 8.43. The fourth-order valence-corrected chi connectivity index (χ4v) is 3.81. The van der Waals surface area contributed by atoms with E-state index in [1.54, 1.807) is 23.1 Å². The van der Waals surface area contributed by atoms with Crippen LogP contribution in [0.15, 0.2) is 22.5 Å². The van der Waals surface area contributed by atoms with Crippen LogP contribution in [0, 0.1) is 11.3 Å². The van der Waals surface area contributed by atoms with E-state index in [0.717, 1.165) is 45.3 Å². The van der Waals surface area contributed by atoms with Crippen molar-refractivity contribution in [3.05, 3.63) is 18.2 Å². The van der Waals surface area contributed by atoms with Gasteiger partial charge in [0.2, 0.25) is 0 Å². The second kappa shape index (κ2) is 6.62. The summed E-state index contributed by atoms with van der Waals surface area (Å²) in [7, 11) is 0. The Morgan fingerprint density at radius 2 is 2.22 bits per heavy atom. The molecule has 1 heterocycles. The molecule has 0 amide bonds. The molecule has 0 saturated carbocycles. The molecule has 18 heavy (non-hydrogen) atoms. The maximum Gasteiger partial charge on any atom is 0.151 e. The molecule has 2 rings (SSSR count). The van der Waals surface area contributed by atoms with E-state index < -0.39 is 0 Å². The van der Waals surface area contributed by atoms with Gasteiger partial charge in [0.05, 0.1) is 16.3 Å². The van der Waals surface area contributed by atoms with E-state index in [0.29, 0.717) is 6.42 Å². The highest BCUT2D eigenvalue weighted by atomic mass is 32.2. The van der Waals surface area contributed by atoms with Crippen LogP contribution in [0.25, 0.3) is 10.2 Å². The number of nitrogens with two attached hydrogens (primary N) is 1. The van der Waals surface area contributed by atoms with Gasteiger partial charge in [-0.2, -0.15) is 5.26 Å². The van der Waals surface area contributed by atoms with Crippen LogP contribution in [-0.4, -0.2) is 10.7 Å². The number of fused-ring (bicyclic) bond motifs is 1. The zero-order valence-electron chi connectivity index (χ0n) is 10.1. The van der Waals surface area contributed by atoms with Gasteiger partial charge in [0.25, 0.3) is 0 Å². The molecule has 0 saturated heterocycles. The maximum atomic E-state index is 8.43. The van der Waals surface area contributed by atoms with Gasteiger partial charge in [-0.05, 0) is 31.0 Å². The van der Waals surface area contributed by atoms with Gasteiger partial charge in [0, 0.05) is 17.9 Å². The van der Waals surface area contributed by atoms with E-state index in [1.165, 1.54) is 0 Å². The first-order chi connectivity index (χ1) is 8.79. The average molecular weight is 277 g/mol. The van der Waals surface area contributed by atoms with Crippen molar-refractivity contribution in [1.29, 1.82) is 5.26 Å². The van der Waals surface area contributed by atoms with Crippen molar-refractivity contribution in [3.8, 4) is 6.07 Å². The number of rotatable bonds is 6. The molecular weight excluding hydrogens is 262 g/mol. The summed E-state index contributed by atoms with van der Waals surface area (Å²) in [6.07, 6.45) is 3.95. The molecule has 94 valence electrons. The number of unbranched alkanes of at least 4 members (excludes halogenated alkanes) is 3. The summed E-state index contributed by atoms with van der Waals surface area (Å²) in [6.45, 7) is 0. The fraction of sp³-hybridized carbons (Fsp3) is 0.385. The monoisotopic (exact) mass is 277 g/mol. The highest BCUT2D eigenvalue weighted by Gasteiger charge is 2.04. The third-order valence-corrected chi connectivity index (χ3v) is 4.80. The first-order valence-electron chi connectivity index (χ1n) is 5.95. The molecule has 0 fully saturated rings. The lowest BCUT2D eigenvalue weighted by atomic mass is 10.2. The molecule has 5 heteroatoms. The van der Waals surface area contributed by atoms with Crippen LogP contribution in [0.3, 0.4) is 0 Å². The number of hydrogen-bond donors (Lipinski definition) is 1. The molecule has 2 N–H and O–H groups in total. The van der Waals surface area contributed by atoms with Gasteiger partial charge < -0.3 is 5.73 Å². The Morgan fingerprint density at radius 1 is 1.33 bits per heavy atom. The second-order valence-corrected chi connectivity index (χ2v) is 6.40. The number of nitriles is 1. The minimum Gasteiger partial charge on any atom is -0.399 e. The van der Waals surface area contributed by atoms with Crippen molar-refractivity contribution in [2.45, 2.75) is 30.0 Å². The standard InChI is InChI=1S/C13H15N3S2/c14-7-3-1-2-4-8-17-13-16-11-6-5-10(15)9-12(11)18-13/h5-6,9H,1-4,8,15H2. The summed E-state index contributed by atoms with van der Waals surface area (Å²) >= 11 is 3.49. The average Bonchev–Trinajstić information content (AvgIpc) is 2.75. The van der Waals surface area contributed by atoms with Crippen LogP contribution in [0.2, 0.25) is 0 Å². The predicted octanol–water partition coefficient (Wildman–Crippen LogP) is 4.05. The van der Waals surface area contributed by atoms with Crippen LogP contribution < -0.4 is 5.73 Å². The Balaban J connectivity index is 1.83. The molecule has 0 atom stereocenters. The van der Waals surface area contributed by atoms with Gasteiger partial charge in [-0.3, -0.25) is 0 Å². The first kappa shape index (κ1) is 13.2. The van der Waals surface area contributed by atoms with Gasteiger partial charge in [0.1, 0.15) is 0 Å². The molecule has 0 aliphatic rings. The zero-order valence-corrected chi connectivity index (χ0v) is 11.7. The number of thioether (sulfide) groups is 1. The van der Waals surface area contributed by atoms with Gasteiger partial charge >= 0.3 is 0 Å². The van der Waals surface area contributed by atoms with Crippen molar-refractivity contribution in [1.82, 2.24) is 4.98 Å². The number of anilines is 1. The maximum absolute atomic E-state index is 8.43. The van der Waals surface area contributed by atoms with Crippen LogP contribution in [-0.2, 0) is 0 Å². The van der Waals surface area contributed by atoms with Crippen LogP contribution >= 0.6 is 23.1 Å². The summed E-state index contributed by atoms with van der Waals surface area (Å²) in [5.74, 6) is 1.07. The molecule has 0 aliphatic heterocycles. The van der Waals surface area contributed by atoms with Gasteiger partial charge in [0.15, 0.2) is 4.34 Å². The minimum absolute atomic E-state index is 0.672. The second-order valence-electron chi connectivity index (χ2n) is 4.02. The molecule has 1 aromatic heterocycles.